The highest BCUT2D eigenvalue weighted by atomic mass is 28.4. The van der Waals surface area contributed by atoms with Crippen molar-refractivity contribution in [3.63, 3.8) is 0 Å². The van der Waals surface area contributed by atoms with Gasteiger partial charge in [-0.2, -0.15) is 0 Å². The fourth-order valence-corrected chi connectivity index (χ4v) is 7.93. The minimum Gasteiger partial charge on any atom is -0.497 e. The van der Waals surface area contributed by atoms with Crippen molar-refractivity contribution in [2.75, 3.05) is 13.7 Å². The molecular weight excluding hydrogens is 609 g/mol. The van der Waals surface area contributed by atoms with Gasteiger partial charge in [-0.1, -0.05) is 86.6 Å². The fraction of sp³-hybridized carbons (Fsp3) is 0.789. The molecule has 0 aromatic heterocycles. The van der Waals surface area contributed by atoms with Crippen LogP contribution in [0.25, 0.3) is 0 Å². The molecule has 1 aliphatic rings. The van der Waals surface area contributed by atoms with Gasteiger partial charge in [-0.3, -0.25) is 0 Å². The molecule has 266 valence electrons. The molecule has 5 atom stereocenters. The van der Waals surface area contributed by atoms with E-state index in [0.29, 0.717) is 19.1 Å². The third-order valence-corrected chi connectivity index (χ3v) is 19.3. The molecule has 0 N–H and O–H groups in total. The molecule has 2 rings (SSSR count). The Kier molecular flexibility index (Phi) is 14.9. The normalized spacial score (nSPS) is 21.8. The number of methoxy groups -OCH3 is 1. The van der Waals surface area contributed by atoms with E-state index in [4.69, 9.17) is 27.8 Å². The van der Waals surface area contributed by atoms with Gasteiger partial charge in [0, 0.05) is 19.4 Å². The highest BCUT2D eigenvalue weighted by molar-refractivity contribution is 6.74. The Morgan fingerprint density at radius 1 is 0.913 bits per heavy atom. The molecule has 0 spiro atoms. The predicted molar refractivity (Wildman–Crippen MR) is 198 cm³/mol. The lowest BCUT2D eigenvalue weighted by Crippen LogP contribution is -2.47. The van der Waals surface area contributed by atoms with Gasteiger partial charge in [-0.25, -0.2) is 0 Å². The summed E-state index contributed by atoms with van der Waals surface area (Å²) < 4.78 is 38.4. The lowest BCUT2D eigenvalue weighted by atomic mass is 9.93. The average molecular weight is 679 g/mol. The lowest BCUT2D eigenvalue weighted by Gasteiger charge is -2.42. The maximum atomic E-state index is 6.93. The van der Waals surface area contributed by atoms with E-state index in [-0.39, 0.29) is 40.4 Å². The summed E-state index contributed by atoms with van der Waals surface area (Å²) in [7, 11) is -2.07. The van der Waals surface area contributed by atoms with Crippen molar-refractivity contribution >= 4 is 16.6 Å². The molecule has 1 heterocycles. The van der Waals surface area contributed by atoms with Gasteiger partial charge in [-0.05, 0) is 86.1 Å². The summed E-state index contributed by atoms with van der Waals surface area (Å²) in [6.07, 6.45) is 7.08. The van der Waals surface area contributed by atoms with Crippen molar-refractivity contribution in [1.82, 2.24) is 0 Å². The number of hydrogen-bond donors (Lipinski definition) is 0. The van der Waals surface area contributed by atoms with Crippen LogP contribution in [0.3, 0.4) is 0 Å². The second kappa shape index (κ2) is 16.6. The first-order valence-corrected chi connectivity index (χ1v) is 23.4. The van der Waals surface area contributed by atoms with Gasteiger partial charge in [0.05, 0.1) is 38.1 Å². The third-order valence-electron chi connectivity index (χ3n) is 10.3. The summed E-state index contributed by atoms with van der Waals surface area (Å²) >= 11 is 0. The molecule has 1 aromatic carbocycles. The van der Waals surface area contributed by atoms with Crippen LogP contribution in [-0.2, 0) is 29.7 Å². The highest BCUT2D eigenvalue weighted by Gasteiger charge is 2.41. The summed E-state index contributed by atoms with van der Waals surface area (Å²) in [6.45, 7) is 35.2. The second-order valence-electron chi connectivity index (χ2n) is 17.3. The van der Waals surface area contributed by atoms with Crippen LogP contribution in [0.2, 0.25) is 36.3 Å². The van der Waals surface area contributed by atoms with Gasteiger partial charge in [0.1, 0.15) is 5.75 Å². The second-order valence-corrected chi connectivity index (χ2v) is 26.8. The zero-order valence-electron chi connectivity index (χ0n) is 32.4. The summed E-state index contributed by atoms with van der Waals surface area (Å²) in [4.78, 5) is 0. The number of hydrogen-bond acceptors (Lipinski definition) is 6. The van der Waals surface area contributed by atoms with Crippen LogP contribution in [0, 0.1) is 11.8 Å². The van der Waals surface area contributed by atoms with Gasteiger partial charge in [-0.15, -0.1) is 0 Å². The molecule has 1 aromatic rings. The van der Waals surface area contributed by atoms with Crippen LogP contribution < -0.4 is 4.74 Å². The molecule has 1 saturated heterocycles. The Morgan fingerprint density at radius 2 is 1.50 bits per heavy atom. The van der Waals surface area contributed by atoms with E-state index in [9.17, 15) is 0 Å². The number of rotatable bonds is 16. The summed E-state index contributed by atoms with van der Waals surface area (Å²) in [5, 5.41) is 0.341. The van der Waals surface area contributed by atoms with Crippen LogP contribution in [0.1, 0.15) is 101 Å². The molecule has 46 heavy (non-hydrogen) atoms. The van der Waals surface area contributed by atoms with Crippen molar-refractivity contribution in [3.05, 3.63) is 42.0 Å². The molecule has 1 aliphatic heterocycles. The van der Waals surface area contributed by atoms with Gasteiger partial charge in [0.15, 0.2) is 22.4 Å². The minimum absolute atomic E-state index is 0.00219. The Bertz CT molecular complexity index is 1070. The molecule has 0 radical (unpaired) electrons. The van der Waals surface area contributed by atoms with Gasteiger partial charge in [0.2, 0.25) is 0 Å². The van der Waals surface area contributed by atoms with E-state index in [1.165, 1.54) is 0 Å². The Morgan fingerprint density at radius 3 is 2.02 bits per heavy atom. The quantitative estimate of drug-likeness (QED) is 0.128. The molecule has 0 amide bonds. The Hall–Kier alpha value is -1.01. The van der Waals surface area contributed by atoms with Crippen LogP contribution in [0.5, 0.6) is 5.75 Å². The maximum absolute atomic E-state index is 6.93. The van der Waals surface area contributed by atoms with Crippen molar-refractivity contribution < 1.29 is 27.8 Å². The fourth-order valence-electron chi connectivity index (χ4n) is 5.35. The highest BCUT2D eigenvalue weighted by Crippen LogP contribution is 2.40. The average Bonchev–Trinajstić information content (AvgIpc) is 2.91. The van der Waals surface area contributed by atoms with Crippen molar-refractivity contribution in [2.45, 2.75) is 168 Å². The first kappa shape index (κ1) is 41.2. The smallest absolute Gasteiger partial charge is 0.192 e. The predicted octanol–water partition coefficient (Wildman–Crippen LogP) is 10.5. The van der Waals surface area contributed by atoms with Crippen molar-refractivity contribution in [1.29, 1.82) is 0 Å². The van der Waals surface area contributed by atoms with Crippen LogP contribution in [-0.4, -0.2) is 60.6 Å². The van der Waals surface area contributed by atoms with Gasteiger partial charge >= 0.3 is 0 Å². The summed E-state index contributed by atoms with van der Waals surface area (Å²) in [6, 6.07) is 8.10. The molecule has 1 fully saturated rings. The lowest BCUT2D eigenvalue weighted by molar-refractivity contribution is -0.294. The maximum Gasteiger partial charge on any atom is 0.192 e. The van der Waals surface area contributed by atoms with E-state index in [1.807, 2.05) is 26.0 Å². The first-order chi connectivity index (χ1) is 21.0. The van der Waals surface area contributed by atoms with Crippen LogP contribution in [0.15, 0.2) is 36.4 Å². The van der Waals surface area contributed by atoms with Gasteiger partial charge < -0.3 is 27.8 Å². The summed E-state index contributed by atoms with van der Waals surface area (Å²) in [5.74, 6) is 0.857. The standard InChI is InChI=1S/C38H70O6Si2/c1-28(2)35(44-46(15,16)37(7,8)9)29(3)17-20-33-26-34(43-38(10,11)42-33)25-32(23-24-41-45(13,14)36(4,5)6)40-27-30-18-21-31(39-12)22-19-30/h17-22,28-29,32-35H,23-27H2,1-16H3/t29-,32-,33-,34+,35-/m0/s1. The molecule has 0 aliphatic carbocycles. The van der Waals surface area contributed by atoms with E-state index in [1.54, 1.807) is 7.11 Å². The zero-order valence-corrected chi connectivity index (χ0v) is 34.4. The molecule has 0 saturated carbocycles. The zero-order chi connectivity index (χ0) is 35.1. The molecule has 6 nitrogen and oxygen atoms in total. The molecule has 0 unspecified atom stereocenters. The number of benzene rings is 1. The molecule has 0 bridgehead atoms. The topological polar surface area (TPSA) is 55.4 Å². The monoisotopic (exact) mass is 678 g/mol. The van der Waals surface area contributed by atoms with E-state index < -0.39 is 22.4 Å². The van der Waals surface area contributed by atoms with Crippen molar-refractivity contribution in [3.8, 4) is 5.75 Å². The Balaban J connectivity index is 2.17. The first-order valence-electron chi connectivity index (χ1n) is 17.6. The van der Waals surface area contributed by atoms with Crippen LogP contribution >= 0.6 is 0 Å². The third kappa shape index (κ3) is 12.8. The Labute approximate surface area is 285 Å². The van der Waals surface area contributed by atoms with E-state index in [0.717, 1.165) is 30.6 Å². The molecule has 8 heteroatoms. The SMILES string of the molecule is COc1ccc(CO[C@@H](CCO[Si](C)(C)C(C)(C)C)C[C@@H]2C[C@H](C=C[C@H](C)[C@@H](O[Si](C)(C)C(C)(C)C)C(C)C)OC(C)(C)O2)cc1. The van der Waals surface area contributed by atoms with Crippen molar-refractivity contribution in [2.24, 2.45) is 11.8 Å². The molecular formula is C38H70O6Si2. The largest absolute Gasteiger partial charge is 0.497 e. The van der Waals surface area contributed by atoms with E-state index >= 15 is 0 Å². The van der Waals surface area contributed by atoms with E-state index in [2.05, 4.69) is 113 Å². The summed E-state index contributed by atoms with van der Waals surface area (Å²) in [5.41, 5.74) is 1.12. The van der Waals surface area contributed by atoms with Crippen LogP contribution in [0.4, 0.5) is 0 Å². The number of ether oxygens (including phenoxy) is 4. The van der Waals surface area contributed by atoms with Gasteiger partial charge in [0.25, 0.3) is 0 Å². The minimum atomic E-state index is -1.90.